The standard InChI is InChI=1S/2C34H24N4.C18H12NO.C17H10NO.2Ir/c2*1(11-23-21-37-31-19-9-7-15-27(31)25-13-3-5-17-29(25)33(37)35-23)2-12-24-22-38-32-20-10-8-16-28(32)26-14-4-6-18-30(26)34(38)36-24;1-12-8-9-13-14-5-4-6-15(16-7-2-3-10-19-16)18(14)20-17(13)11-12;1-2-10-16-12(6-1)13-7-5-8-14(17(13)19-16)15-9-3-4-11-18-15;;/h2*3-10,13-16,19-22H,1-2,11-12H2;2-5,7-11H,1H3;1-7,9-11H;;/q2*-2;2*-1;2*+3. The summed E-state index contributed by atoms with van der Waals surface area (Å²) in [5, 5.41) is 18.6. The Morgan fingerprint density at radius 2 is 0.598 bits per heavy atom. The Morgan fingerprint density at radius 3 is 0.957 bits per heavy atom. The maximum absolute atomic E-state index is 6.05. The fourth-order valence-corrected chi connectivity index (χ4v) is 16.8. The molecule has 24 aromatic rings. The van der Waals surface area contributed by atoms with Gasteiger partial charge in [-0.3, -0.25) is 19.9 Å². The van der Waals surface area contributed by atoms with Gasteiger partial charge in [0.25, 0.3) is 0 Å². The summed E-state index contributed by atoms with van der Waals surface area (Å²) in [5.41, 5.74) is 21.5. The molecule has 0 fully saturated rings. The van der Waals surface area contributed by atoms with Crippen LogP contribution in [0.3, 0.4) is 0 Å². The van der Waals surface area contributed by atoms with Crippen LogP contribution in [0.15, 0.2) is 319 Å². The predicted molar refractivity (Wildman–Crippen MR) is 466 cm³/mol. The second-order valence-corrected chi connectivity index (χ2v) is 29.3. The molecule has 0 saturated heterocycles. The van der Waals surface area contributed by atoms with Crippen LogP contribution in [0.1, 0.15) is 54.0 Å². The monoisotopic (exact) mass is 1860 g/mol. The summed E-state index contributed by atoms with van der Waals surface area (Å²) in [6, 6.07) is 113. The number of aromatic nitrogens is 10. The molecule has 0 atom stereocenters. The minimum atomic E-state index is 0. The van der Waals surface area contributed by atoms with E-state index < -0.39 is 0 Å². The molecule has 0 aliphatic carbocycles. The van der Waals surface area contributed by atoms with E-state index in [0.29, 0.717) is 0 Å². The third-order valence-corrected chi connectivity index (χ3v) is 22.2. The minimum Gasteiger partial charge on any atom is -0.501 e. The number of nitrogens with zero attached hydrogens (tertiary/aromatic N) is 10. The second kappa shape index (κ2) is 31.8. The Morgan fingerprint density at radius 1 is 0.282 bits per heavy atom. The summed E-state index contributed by atoms with van der Waals surface area (Å²) in [4.78, 5) is 29.0. The van der Waals surface area contributed by atoms with Crippen molar-refractivity contribution in [3.05, 3.63) is 375 Å². The molecule has 0 radical (unpaired) electrons. The molecule has 0 N–H and O–H groups in total. The molecular weight excluding hydrogens is 1790 g/mol. The van der Waals surface area contributed by atoms with Gasteiger partial charge in [-0.25, -0.2) is 0 Å². The van der Waals surface area contributed by atoms with Crippen molar-refractivity contribution >= 4 is 153 Å². The van der Waals surface area contributed by atoms with Crippen LogP contribution >= 0.6 is 0 Å². The number of para-hydroxylation sites is 5. The smallest absolute Gasteiger partial charge is 0.501 e. The Kier molecular flexibility index (Phi) is 20.1. The number of pyridine rings is 6. The maximum atomic E-state index is 6.05. The first-order chi connectivity index (χ1) is 57.0. The van der Waals surface area contributed by atoms with E-state index in [2.05, 4.69) is 266 Å². The fourth-order valence-electron chi connectivity index (χ4n) is 16.8. The molecule has 0 saturated carbocycles. The second-order valence-electron chi connectivity index (χ2n) is 29.3. The quantitative estimate of drug-likeness (QED) is 0.0674. The van der Waals surface area contributed by atoms with Gasteiger partial charge in [-0.2, -0.15) is 0 Å². The van der Waals surface area contributed by atoms with E-state index in [1.165, 1.54) is 70.7 Å². The summed E-state index contributed by atoms with van der Waals surface area (Å²) in [7, 11) is 0. The van der Waals surface area contributed by atoms with Gasteiger partial charge in [-0.1, -0.05) is 171 Å². The van der Waals surface area contributed by atoms with E-state index in [-0.39, 0.29) is 40.2 Å². The first-order valence-corrected chi connectivity index (χ1v) is 39.2. The third-order valence-electron chi connectivity index (χ3n) is 22.2. The van der Waals surface area contributed by atoms with E-state index in [9.17, 15) is 0 Å². The number of rotatable bonds is 12. The Bertz CT molecular complexity index is 6940. The number of benzene rings is 12. The topological polar surface area (TPSA) is 121 Å². The molecule has 117 heavy (non-hydrogen) atoms. The number of aryl methyl sites for hydroxylation is 5. The molecule has 0 aliphatic heterocycles. The van der Waals surface area contributed by atoms with Crippen LogP contribution in [0.25, 0.3) is 176 Å². The van der Waals surface area contributed by atoms with Crippen LogP contribution < -0.4 is 0 Å². The summed E-state index contributed by atoms with van der Waals surface area (Å²) in [6.07, 6.45) is 20.4. The van der Waals surface area contributed by atoms with Crippen LogP contribution in [-0.4, -0.2) is 47.5 Å². The van der Waals surface area contributed by atoms with E-state index in [4.69, 9.17) is 28.8 Å². The molecule has 0 amide bonds. The number of hydrogen-bond donors (Lipinski definition) is 0. The van der Waals surface area contributed by atoms with Crippen molar-refractivity contribution in [1.29, 1.82) is 0 Å². The molecule has 12 aromatic heterocycles. The number of imidazole rings is 4. The Balaban J connectivity index is 0.000000108. The molecule has 0 bridgehead atoms. The van der Waals surface area contributed by atoms with E-state index in [1.807, 2.05) is 103 Å². The molecule has 12 aromatic carbocycles. The van der Waals surface area contributed by atoms with Crippen molar-refractivity contribution in [3.63, 3.8) is 0 Å². The van der Waals surface area contributed by atoms with Crippen LogP contribution in [0.2, 0.25) is 0 Å². The van der Waals surface area contributed by atoms with Crippen LogP contribution in [0.5, 0.6) is 0 Å². The van der Waals surface area contributed by atoms with E-state index in [1.54, 1.807) is 12.4 Å². The van der Waals surface area contributed by atoms with Gasteiger partial charge in [0.05, 0.1) is 33.8 Å². The van der Waals surface area contributed by atoms with Gasteiger partial charge in [-0.15, -0.1) is 155 Å². The molecular formula is C103H70Ir2N10O2. The predicted octanol–water partition coefficient (Wildman–Crippen LogP) is 24.7. The SMILES string of the molecule is Cc1ccc2c(c1)oc1c(-c3ccccn3)[c-]ccc12.[Ir+3].[Ir+3].[c-]1ccc2c(oc3ccccc32)c1-c1ccccn1.[c-]1cccc2c1c1nc(CCCCc3cn4c5ccccc5c5ccc[c-]c5c4n3)cn1c1ccccc21.[c-]1cccc2c1c1nc(CCCCc3cn4c5ccccc5c5ccc[c-]c5c4n3)cn1c1ccccc21. The Hall–Kier alpha value is -13.3. The van der Waals surface area contributed by atoms with Crippen molar-refractivity contribution < 1.29 is 49.0 Å². The third kappa shape index (κ3) is 13.6. The Labute approximate surface area is 700 Å². The molecule has 24 rings (SSSR count). The largest absolute Gasteiger partial charge is 3.00 e. The zero-order chi connectivity index (χ0) is 76.3. The minimum absolute atomic E-state index is 0. The van der Waals surface area contributed by atoms with Gasteiger partial charge < -0.3 is 36.4 Å². The van der Waals surface area contributed by atoms with Crippen molar-refractivity contribution in [3.8, 4) is 22.5 Å². The van der Waals surface area contributed by atoms with Crippen molar-refractivity contribution in [2.45, 2.75) is 58.3 Å². The molecule has 0 unspecified atom stereocenters. The van der Waals surface area contributed by atoms with Gasteiger partial charge in [0, 0.05) is 92.8 Å². The van der Waals surface area contributed by atoms with Crippen LogP contribution in [0.4, 0.5) is 0 Å². The summed E-state index contributed by atoms with van der Waals surface area (Å²) < 4.78 is 21.0. The summed E-state index contributed by atoms with van der Waals surface area (Å²) in [5.74, 6) is 0. The maximum Gasteiger partial charge on any atom is 3.00 e. The van der Waals surface area contributed by atoms with Gasteiger partial charge in [0.1, 0.15) is 11.2 Å². The van der Waals surface area contributed by atoms with E-state index in [0.717, 1.165) is 185 Å². The molecule has 12 heterocycles. The molecule has 0 spiro atoms. The zero-order valence-corrected chi connectivity index (χ0v) is 68.3. The van der Waals surface area contributed by atoms with Crippen molar-refractivity contribution in [1.82, 2.24) is 47.5 Å². The average molecular weight is 1860 g/mol. The van der Waals surface area contributed by atoms with Gasteiger partial charge in [0.2, 0.25) is 0 Å². The summed E-state index contributed by atoms with van der Waals surface area (Å²) in [6.45, 7) is 2.07. The molecule has 14 heteroatoms. The molecule has 0 aliphatic rings. The zero-order valence-electron chi connectivity index (χ0n) is 63.6. The van der Waals surface area contributed by atoms with Crippen LogP contribution in [-0.2, 0) is 65.9 Å². The molecule has 562 valence electrons. The first kappa shape index (κ1) is 73.8. The van der Waals surface area contributed by atoms with Crippen LogP contribution in [0, 0.1) is 43.3 Å². The van der Waals surface area contributed by atoms with Crippen molar-refractivity contribution in [2.75, 3.05) is 0 Å². The number of furan rings is 2. The van der Waals surface area contributed by atoms with E-state index >= 15 is 0 Å². The van der Waals surface area contributed by atoms with Gasteiger partial charge in [0.15, 0.2) is 0 Å². The normalized spacial score (nSPS) is 11.6. The first-order valence-electron chi connectivity index (χ1n) is 39.2. The number of fused-ring (bicyclic) bond motifs is 30. The van der Waals surface area contributed by atoms with Crippen molar-refractivity contribution in [2.24, 2.45) is 0 Å². The number of unbranched alkanes of at least 4 members (excludes halogenated alkanes) is 2. The van der Waals surface area contributed by atoms with Gasteiger partial charge in [-0.05, 0) is 145 Å². The number of hydrogen-bond acceptors (Lipinski definition) is 8. The fraction of sp³-hybridized carbons (Fsp3) is 0.0874. The average Bonchev–Trinajstić information content (AvgIpc) is 1.71. The van der Waals surface area contributed by atoms with Gasteiger partial charge >= 0.3 is 40.2 Å². The molecule has 12 nitrogen and oxygen atoms in total. The summed E-state index contributed by atoms with van der Waals surface area (Å²) >= 11 is 0.